The maximum Gasteiger partial charge on any atom is 0.311 e. The number of nitrogens with one attached hydrogen (secondary N) is 1. The molecule has 0 radical (unpaired) electrons. The Bertz CT molecular complexity index is 547. The minimum Gasteiger partial charge on any atom is -0.469 e. The van der Waals surface area contributed by atoms with Crippen LogP contribution in [0.1, 0.15) is 20.3 Å². The summed E-state index contributed by atoms with van der Waals surface area (Å²) >= 11 is 0. The molecule has 1 amide bonds. The van der Waals surface area contributed by atoms with Gasteiger partial charge in [-0.1, -0.05) is 6.08 Å². The van der Waals surface area contributed by atoms with Crippen LogP contribution in [0.4, 0.5) is 0 Å². The molecule has 134 valence electrons. The van der Waals surface area contributed by atoms with Gasteiger partial charge in [-0.15, -0.1) is 0 Å². The molecule has 0 spiro atoms. The van der Waals surface area contributed by atoms with Gasteiger partial charge in [0.1, 0.15) is 18.3 Å². The van der Waals surface area contributed by atoms with E-state index in [0.717, 1.165) is 0 Å². The first-order valence-corrected chi connectivity index (χ1v) is 7.95. The standard InChI is InChI=1S/C16H23NO7/c1-16(2)23-13-12(20-3)11(22-15(13)24-16)10-8(14(19)21-4)6-5-7-9(18)17-10/h5,7-8,10-13,15H,6H2,1-4H3,(H,17,18)/t8-,10-,11+,12-,13+,15+/m0/s1. The predicted octanol–water partition coefficient (Wildman–Crippen LogP) is 0.112. The van der Waals surface area contributed by atoms with Gasteiger partial charge in [0, 0.05) is 7.11 Å². The lowest BCUT2D eigenvalue weighted by Gasteiger charge is -2.33. The third-order valence-electron chi connectivity index (χ3n) is 4.56. The number of rotatable bonds is 3. The number of carbonyl (C=O) groups is 2. The number of methoxy groups -OCH3 is 2. The van der Waals surface area contributed by atoms with Gasteiger partial charge >= 0.3 is 5.97 Å². The van der Waals surface area contributed by atoms with Gasteiger partial charge in [-0.2, -0.15) is 0 Å². The lowest BCUT2D eigenvalue weighted by molar-refractivity contribution is -0.222. The number of carbonyl (C=O) groups excluding carboxylic acids is 2. The van der Waals surface area contributed by atoms with Crippen molar-refractivity contribution in [3.05, 3.63) is 12.2 Å². The van der Waals surface area contributed by atoms with Gasteiger partial charge in [-0.3, -0.25) is 9.59 Å². The normalized spacial score (nSPS) is 40.8. The zero-order valence-electron chi connectivity index (χ0n) is 14.2. The van der Waals surface area contributed by atoms with Crippen LogP contribution < -0.4 is 5.32 Å². The van der Waals surface area contributed by atoms with Crippen LogP contribution in [0.25, 0.3) is 0 Å². The van der Waals surface area contributed by atoms with Gasteiger partial charge in [0.05, 0.1) is 19.1 Å². The van der Waals surface area contributed by atoms with Crippen molar-refractivity contribution in [2.75, 3.05) is 14.2 Å². The topological polar surface area (TPSA) is 92.3 Å². The Morgan fingerprint density at radius 1 is 1.29 bits per heavy atom. The van der Waals surface area contributed by atoms with Crippen molar-refractivity contribution in [2.24, 2.45) is 5.92 Å². The second-order valence-corrected chi connectivity index (χ2v) is 6.57. The molecule has 0 aliphatic carbocycles. The summed E-state index contributed by atoms with van der Waals surface area (Å²) in [7, 11) is 2.87. The smallest absolute Gasteiger partial charge is 0.311 e. The molecule has 6 atom stereocenters. The van der Waals surface area contributed by atoms with Gasteiger partial charge in [0.25, 0.3) is 0 Å². The van der Waals surface area contributed by atoms with Crippen molar-refractivity contribution in [1.29, 1.82) is 0 Å². The Morgan fingerprint density at radius 2 is 2.04 bits per heavy atom. The highest BCUT2D eigenvalue weighted by Gasteiger charge is 2.58. The van der Waals surface area contributed by atoms with E-state index in [1.807, 2.05) is 0 Å². The zero-order valence-corrected chi connectivity index (χ0v) is 14.2. The SMILES string of the molecule is COC(=O)[C@H]1CC=CC(=O)N[C@@H]1[C@H]1O[C@@H]2OC(C)(C)O[C@@H]2[C@H]1OC. The molecule has 2 saturated heterocycles. The van der Waals surface area contributed by atoms with E-state index in [-0.39, 0.29) is 5.91 Å². The molecule has 0 aromatic heterocycles. The molecule has 8 nitrogen and oxygen atoms in total. The lowest BCUT2D eigenvalue weighted by Crippen LogP contribution is -2.54. The van der Waals surface area contributed by atoms with Crippen LogP contribution in [-0.4, -0.2) is 62.5 Å². The summed E-state index contributed by atoms with van der Waals surface area (Å²) in [5.74, 6) is -2.05. The molecule has 3 aliphatic heterocycles. The number of amides is 1. The molecule has 3 aliphatic rings. The third-order valence-corrected chi connectivity index (χ3v) is 4.56. The summed E-state index contributed by atoms with van der Waals surface area (Å²) in [6.45, 7) is 3.59. The Labute approximate surface area is 140 Å². The van der Waals surface area contributed by atoms with Gasteiger partial charge in [0.15, 0.2) is 12.1 Å². The average molecular weight is 341 g/mol. The molecule has 0 saturated carbocycles. The summed E-state index contributed by atoms with van der Waals surface area (Å²) in [6.07, 6.45) is 1.33. The van der Waals surface area contributed by atoms with Crippen molar-refractivity contribution in [1.82, 2.24) is 5.32 Å². The van der Waals surface area contributed by atoms with Crippen molar-refractivity contribution < 1.29 is 33.3 Å². The fourth-order valence-corrected chi connectivity index (χ4v) is 3.55. The summed E-state index contributed by atoms with van der Waals surface area (Å²) in [5.41, 5.74) is 0. The highest BCUT2D eigenvalue weighted by atomic mass is 16.8. The minimum absolute atomic E-state index is 0.288. The summed E-state index contributed by atoms with van der Waals surface area (Å²) in [6, 6.07) is -0.606. The van der Waals surface area contributed by atoms with Gasteiger partial charge in [-0.05, 0) is 26.3 Å². The van der Waals surface area contributed by atoms with Crippen LogP contribution in [-0.2, 0) is 33.3 Å². The first kappa shape index (κ1) is 17.3. The van der Waals surface area contributed by atoms with E-state index >= 15 is 0 Å². The van der Waals surface area contributed by atoms with E-state index < -0.39 is 48.3 Å². The monoisotopic (exact) mass is 341 g/mol. The number of esters is 1. The second kappa shape index (κ2) is 6.44. The fraction of sp³-hybridized carbons (Fsp3) is 0.750. The van der Waals surface area contributed by atoms with E-state index in [0.29, 0.717) is 6.42 Å². The quantitative estimate of drug-likeness (QED) is 0.729. The zero-order chi connectivity index (χ0) is 17.5. The molecule has 0 unspecified atom stereocenters. The van der Waals surface area contributed by atoms with Crippen molar-refractivity contribution >= 4 is 11.9 Å². The molecule has 3 rings (SSSR count). The van der Waals surface area contributed by atoms with Crippen LogP contribution in [0.3, 0.4) is 0 Å². The van der Waals surface area contributed by atoms with Gasteiger partial charge in [-0.25, -0.2) is 0 Å². The summed E-state index contributed by atoms with van der Waals surface area (Å²) < 4.78 is 28.0. The number of hydrogen-bond acceptors (Lipinski definition) is 7. The second-order valence-electron chi connectivity index (χ2n) is 6.57. The van der Waals surface area contributed by atoms with Gasteiger partial charge in [0.2, 0.25) is 5.91 Å². The van der Waals surface area contributed by atoms with Crippen molar-refractivity contribution in [2.45, 2.75) is 56.7 Å². The molecule has 2 fully saturated rings. The molecule has 0 aromatic carbocycles. The Morgan fingerprint density at radius 3 is 2.71 bits per heavy atom. The van der Waals surface area contributed by atoms with E-state index in [9.17, 15) is 9.59 Å². The molecular formula is C16H23NO7. The van der Waals surface area contributed by atoms with E-state index in [2.05, 4.69) is 5.32 Å². The number of hydrogen-bond donors (Lipinski definition) is 1. The van der Waals surface area contributed by atoms with E-state index in [1.54, 1.807) is 27.0 Å². The van der Waals surface area contributed by atoms with Crippen LogP contribution >= 0.6 is 0 Å². The van der Waals surface area contributed by atoms with Crippen LogP contribution in [0, 0.1) is 5.92 Å². The van der Waals surface area contributed by atoms with E-state index in [1.165, 1.54) is 13.2 Å². The summed E-state index contributed by atoms with van der Waals surface area (Å²) in [5, 5.41) is 2.82. The average Bonchev–Trinajstić information content (AvgIpc) is 2.91. The Balaban J connectivity index is 1.85. The predicted molar refractivity (Wildman–Crippen MR) is 80.7 cm³/mol. The van der Waals surface area contributed by atoms with Crippen molar-refractivity contribution in [3.8, 4) is 0 Å². The third kappa shape index (κ3) is 3.06. The van der Waals surface area contributed by atoms with Crippen LogP contribution in [0.2, 0.25) is 0 Å². The maximum absolute atomic E-state index is 12.2. The highest BCUT2D eigenvalue weighted by Crippen LogP contribution is 2.40. The van der Waals surface area contributed by atoms with Crippen LogP contribution in [0.5, 0.6) is 0 Å². The Kier molecular flexibility index (Phi) is 4.65. The fourth-order valence-electron chi connectivity index (χ4n) is 3.55. The van der Waals surface area contributed by atoms with Gasteiger partial charge < -0.3 is 29.0 Å². The molecule has 3 heterocycles. The number of fused-ring (bicyclic) bond motifs is 1. The lowest BCUT2D eigenvalue weighted by atomic mass is 9.89. The summed E-state index contributed by atoms with van der Waals surface area (Å²) in [4.78, 5) is 24.1. The molecule has 0 bridgehead atoms. The van der Waals surface area contributed by atoms with E-state index in [4.69, 9.17) is 23.7 Å². The maximum atomic E-state index is 12.2. The highest BCUT2D eigenvalue weighted by molar-refractivity contribution is 5.89. The molecule has 8 heteroatoms. The first-order chi connectivity index (χ1) is 11.4. The van der Waals surface area contributed by atoms with Crippen LogP contribution in [0.15, 0.2) is 12.2 Å². The first-order valence-electron chi connectivity index (χ1n) is 7.95. The number of ether oxygens (including phenoxy) is 5. The van der Waals surface area contributed by atoms with Crippen molar-refractivity contribution in [3.63, 3.8) is 0 Å². The Hall–Kier alpha value is -1.48. The molecular weight excluding hydrogens is 318 g/mol. The molecule has 24 heavy (non-hydrogen) atoms. The molecule has 0 aromatic rings. The minimum atomic E-state index is -0.771. The molecule has 1 N–H and O–H groups in total. The number of allylic oxidation sites excluding steroid dienone is 1. The largest absolute Gasteiger partial charge is 0.469 e.